The standard InChI is InChI=1S/C15H17ClN6/c16-11-5-4-10(9-17)12(8-11)22-14(19)20-13(18)21-15(22)6-2-1-3-7-15/h4-5,8H,1-3,6-7H2,(H4,18,19,20,21). The second-order valence-corrected chi connectivity index (χ2v) is 6.03. The monoisotopic (exact) mass is 316 g/mol. The van der Waals surface area contributed by atoms with Crippen molar-refractivity contribution in [2.45, 2.75) is 37.8 Å². The van der Waals surface area contributed by atoms with E-state index in [1.807, 2.05) is 4.90 Å². The van der Waals surface area contributed by atoms with E-state index in [1.54, 1.807) is 18.2 Å². The van der Waals surface area contributed by atoms with Crippen LogP contribution in [-0.2, 0) is 0 Å². The molecule has 1 heterocycles. The van der Waals surface area contributed by atoms with Crippen LogP contribution in [0.15, 0.2) is 28.2 Å². The van der Waals surface area contributed by atoms with E-state index >= 15 is 0 Å². The number of nitriles is 1. The third kappa shape index (κ3) is 2.38. The molecule has 1 spiro atoms. The lowest BCUT2D eigenvalue weighted by Crippen LogP contribution is -2.58. The number of rotatable bonds is 1. The number of aliphatic imine (C=N–C) groups is 2. The van der Waals surface area contributed by atoms with Gasteiger partial charge in [0.1, 0.15) is 11.7 Å². The lowest BCUT2D eigenvalue weighted by molar-refractivity contribution is 0.305. The Morgan fingerprint density at radius 2 is 1.95 bits per heavy atom. The van der Waals surface area contributed by atoms with Crippen LogP contribution in [0.2, 0.25) is 5.02 Å². The van der Waals surface area contributed by atoms with Gasteiger partial charge in [0.05, 0.1) is 11.3 Å². The van der Waals surface area contributed by atoms with E-state index in [9.17, 15) is 5.26 Å². The molecule has 0 aromatic heterocycles. The molecular weight excluding hydrogens is 300 g/mol. The Hall–Kier alpha value is -2.26. The highest BCUT2D eigenvalue weighted by Gasteiger charge is 2.43. The largest absolute Gasteiger partial charge is 0.369 e. The van der Waals surface area contributed by atoms with Crippen LogP contribution >= 0.6 is 11.6 Å². The van der Waals surface area contributed by atoms with E-state index in [1.165, 1.54) is 0 Å². The van der Waals surface area contributed by atoms with Gasteiger partial charge in [-0.2, -0.15) is 10.3 Å². The van der Waals surface area contributed by atoms with Gasteiger partial charge in [0.15, 0.2) is 0 Å². The highest BCUT2D eigenvalue weighted by atomic mass is 35.5. The maximum atomic E-state index is 9.40. The van der Waals surface area contributed by atoms with Gasteiger partial charge in [0.2, 0.25) is 11.9 Å². The number of halogens is 1. The van der Waals surface area contributed by atoms with Crippen LogP contribution in [0.5, 0.6) is 0 Å². The Labute approximate surface area is 134 Å². The minimum absolute atomic E-state index is 0.191. The van der Waals surface area contributed by atoms with Crippen molar-refractivity contribution >= 4 is 29.2 Å². The first-order valence-corrected chi connectivity index (χ1v) is 7.63. The van der Waals surface area contributed by atoms with Crippen molar-refractivity contribution in [2.24, 2.45) is 21.5 Å². The van der Waals surface area contributed by atoms with E-state index in [2.05, 4.69) is 16.1 Å². The smallest absolute Gasteiger partial charge is 0.220 e. The minimum Gasteiger partial charge on any atom is -0.369 e. The van der Waals surface area contributed by atoms with E-state index in [0.717, 1.165) is 32.1 Å². The molecule has 22 heavy (non-hydrogen) atoms. The number of nitrogens with zero attached hydrogens (tertiary/aromatic N) is 4. The molecule has 4 N–H and O–H groups in total. The Morgan fingerprint density at radius 3 is 2.64 bits per heavy atom. The van der Waals surface area contributed by atoms with Crippen LogP contribution in [0.1, 0.15) is 37.7 Å². The van der Waals surface area contributed by atoms with Crippen molar-refractivity contribution in [3.8, 4) is 6.07 Å². The van der Waals surface area contributed by atoms with Gasteiger partial charge in [-0.1, -0.05) is 18.0 Å². The molecule has 1 fully saturated rings. The summed E-state index contributed by atoms with van der Waals surface area (Å²) in [6, 6.07) is 7.29. The number of benzene rings is 1. The summed E-state index contributed by atoms with van der Waals surface area (Å²) in [5.74, 6) is 0.448. The molecule has 0 unspecified atom stereocenters. The van der Waals surface area contributed by atoms with Crippen molar-refractivity contribution in [3.05, 3.63) is 28.8 Å². The predicted octanol–water partition coefficient (Wildman–Crippen LogP) is 2.32. The average molecular weight is 317 g/mol. The van der Waals surface area contributed by atoms with Gasteiger partial charge in [-0.3, -0.25) is 4.90 Å². The summed E-state index contributed by atoms with van der Waals surface area (Å²) in [5.41, 5.74) is 12.5. The topological polar surface area (TPSA) is 104 Å². The Bertz CT molecular complexity index is 696. The molecule has 0 atom stereocenters. The fourth-order valence-electron chi connectivity index (χ4n) is 3.25. The van der Waals surface area contributed by atoms with Crippen molar-refractivity contribution < 1.29 is 0 Å². The van der Waals surface area contributed by atoms with Gasteiger partial charge in [0.25, 0.3) is 0 Å². The van der Waals surface area contributed by atoms with Crippen LogP contribution in [0.25, 0.3) is 0 Å². The van der Waals surface area contributed by atoms with Crippen molar-refractivity contribution in [1.82, 2.24) is 0 Å². The highest BCUT2D eigenvalue weighted by molar-refractivity contribution is 6.31. The Morgan fingerprint density at radius 1 is 1.23 bits per heavy atom. The number of hydrogen-bond acceptors (Lipinski definition) is 6. The molecule has 1 aliphatic carbocycles. The molecule has 3 rings (SSSR count). The summed E-state index contributed by atoms with van der Waals surface area (Å²) < 4.78 is 0. The first-order valence-electron chi connectivity index (χ1n) is 7.25. The molecule has 0 radical (unpaired) electrons. The minimum atomic E-state index is -0.565. The first kappa shape index (κ1) is 14.7. The summed E-state index contributed by atoms with van der Waals surface area (Å²) in [4.78, 5) is 10.5. The van der Waals surface area contributed by atoms with Gasteiger partial charge >= 0.3 is 0 Å². The van der Waals surface area contributed by atoms with Crippen LogP contribution in [0.3, 0.4) is 0 Å². The molecule has 0 saturated heterocycles. The van der Waals surface area contributed by atoms with Crippen LogP contribution in [-0.4, -0.2) is 17.6 Å². The van der Waals surface area contributed by atoms with Gasteiger partial charge in [-0.05, 0) is 43.9 Å². The number of hydrogen-bond donors (Lipinski definition) is 2. The molecule has 6 nitrogen and oxygen atoms in total. The second kappa shape index (κ2) is 5.50. The maximum Gasteiger partial charge on any atom is 0.220 e. The first-order chi connectivity index (χ1) is 10.6. The van der Waals surface area contributed by atoms with Gasteiger partial charge in [0, 0.05) is 5.02 Å². The number of anilines is 1. The summed E-state index contributed by atoms with van der Waals surface area (Å²) in [7, 11) is 0. The molecule has 7 heteroatoms. The average Bonchev–Trinajstić information content (AvgIpc) is 2.47. The predicted molar refractivity (Wildman–Crippen MR) is 87.7 cm³/mol. The molecule has 0 bridgehead atoms. The third-order valence-corrected chi connectivity index (χ3v) is 4.41. The van der Waals surface area contributed by atoms with Crippen molar-refractivity contribution in [1.29, 1.82) is 5.26 Å². The lowest BCUT2D eigenvalue weighted by atomic mass is 9.87. The zero-order chi connectivity index (χ0) is 15.7. The third-order valence-electron chi connectivity index (χ3n) is 4.17. The zero-order valence-electron chi connectivity index (χ0n) is 12.1. The number of guanidine groups is 2. The van der Waals surface area contributed by atoms with Crippen LogP contribution in [0.4, 0.5) is 5.69 Å². The zero-order valence-corrected chi connectivity index (χ0v) is 12.8. The summed E-state index contributed by atoms with van der Waals surface area (Å²) in [6.45, 7) is 0. The van der Waals surface area contributed by atoms with Gasteiger partial charge < -0.3 is 11.5 Å². The van der Waals surface area contributed by atoms with Crippen molar-refractivity contribution in [2.75, 3.05) is 4.90 Å². The summed E-state index contributed by atoms with van der Waals surface area (Å²) in [5, 5.41) is 9.94. The molecule has 2 aliphatic rings. The normalized spacial score (nSPS) is 20.3. The van der Waals surface area contributed by atoms with E-state index in [-0.39, 0.29) is 11.9 Å². The molecule has 1 saturated carbocycles. The molecule has 114 valence electrons. The van der Waals surface area contributed by atoms with Crippen molar-refractivity contribution in [3.63, 3.8) is 0 Å². The van der Waals surface area contributed by atoms with Gasteiger partial charge in [-0.25, -0.2) is 4.99 Å². The maximum absolute atomic E-state index is 9.40. The van der Waals surface area contributed by atoms with Gasteiger partial charge in [-0.15, -0.1) is 0 Å². The van der Waals surface area contributed by atoms with E-state index in [4.69, 9.17) is 23.1 Å². The molecule has 1 aromatic rings. The molecule has 0 amide bonds. The molecule has 1 aromatic carbocycles. The fourth-order valence-corrected chi connectivity index (χ4v) is 3.42. The summed E-state index contributed by atoms with van der Waals surface area (Å²) in [6.07, 6.45) is 4.86. The molecule has 1 aliphatic heterocycles. The second-order valence-electron chi connectivity index (χ2n) is 5.59. The van der Waals surface area contributed by atoms with E-state index < -0.39 is 5.66 Å². The SMILES string of the molecule is N#Cc1ccc(Cl)cc1N1C(N)=NC(N)=NC12CCCCC2. The summed E-state index contributed by atoms with van der Waals surface area (Å²) >= 11 is 6.12. The Balaban J connectivity index is 2.17. The Kier molecular flexibility index (Phi) is 3.67. The van der Waals surface area contributed by atoms with Crippen LogP contribution in [0, 0.1) is 11.3 Å². The molecular formula is C15H17ClN6. The quantitative estimate of drug-likeness (QED) is 0.829. The highest BCUT2D eigenvalue weighted by Crippen LogP contribution is 2.41. The lowest BCUT2D eigenvalue weighted by Gasteiger charge is -2.45. The number of nitrogens with two attached hydrogens (primary N) is 2. The van der Waals surface area contributed by atoms with Crippen LogP contribution < -0.4 is 16.4 Å². The fraction of sp³-hybridized carbons (Fsp3) is 0.400. The van der Waals surface area contributed by atoms with E-state index in [0.29, 0.717) is 16.3 Å².